The van der Waals surface area contributed by atoms with Gasteiger partial charge in [-0.3, -0.25) is 5.10 Å². The topological polar surface area (TPSA) is 52.5 Å². The van der Waals surface area contributed by atoms with Gasteiger partial charge in [-0.25, -0.2) is 8.78 Å². The lowest BCUT2D eigenvalue weighted by Gasteiger charge is -2.05. The van der Waals surface area contributed by atoms with Gasteiger partial charge in [-0.1, -0.05) is 18.2 Å². The summed E-state index contributed by atoms with van der Waals surface area (Å²) in [5.41, 5.74) is 3.08. The molecule has 3 aromatic rings. The molecule has 0 aliphatic carbocycles. The number of nitriles is 1. The van der Waals surface area contributed by atoms with E-state index in [-0.39, 0.29) is 0 Å². The van der Waals surface area contributed by atoms with Gasteiger partial charge in [0.2, 0.25) is 0 Å². The van der Waals surface area contributed by atoms with E-state index < -0.39 is 11.6 Å². The van der Waals surface area contributed by atoms with E-state index >= 15 is 0 Å². The molecule has 0 aliphatic rings. The highest BCUT2D eigenvalue weighted by molar-refractivity contribution is 5.80. The maximum absolute atomic E-state index is 13.4. The van der Waals surface area contributed by atoms with E-state index in [0.29, 0.717) is 22.4 Å². The minimum absolute atomic E-state index is 0.512. The van der Waals surface area contributed by atoms with Crippen LogP contribution in [0.5, 0.6) is 0 Å². The van der Waals surface area contributed by atoms with Crippen molar-refractivity contribution < 1.29 is 8.78 Å². The lowest BCUT2D eigenvalue weighted by Crippen LogP contribution is -1.87. The van der Waals surface area contributed by atoms with Crippen molar-refractivity contribution in [2.24, 2.45) is 0 Å². The lowest BCUT2D eigenvalue weighted by molar-refractivity contribution is 0.509. The molecule has 3 nitrogen and oxygen atoms in total. The third-order valence-electron chi connectivity index (χ3n) is 3.15. The first-order valence-corrected chi connectivity index (χ1v) is 6.18. The van der Waals surface area contributed by atoms with Crippen LogP contribution >= 0.6 is 0 Å². The molecule has 0 aliphatic heterocycles. The van der Waals surface area contributed by atoms with Crippen molar-refractivity contribution in [1.29, 1.82) is 5.26 Å². The zero-order valence-electron chi connectivity index (χ0n) is 10.8. The summed E-state index contributed by atoms with van der Waals surface area (Å²) in [6, 6.07) is 12.7. The second-order valence-corrected chi connectivity index (χ2v) is 4.48. The molecule has 0 saturated heterocycles. The maximum atomic E-state index is 13.4. The molecule has 0 bridgehead atoms. The Kier molecular flexibility index (Phi) is 3.20. The van der Waals surface area contributed by atoms with Crippen molar-refractivity contribution in [3.8, 4) is 28.5 Å². The molecule has 2 aromatic carbocycles. The van der Waals surface area contributed by atoms with Crippen molar-refractivity contribution in [2.45, 2.75) is 0 Å². The molecule has 102 valence electrons. The average molecular weight is 281 g/mol. The molecule has 5 heteroatoms. The Morgan fingerprint density at radius 1 is 1.00 bits per heavy atom. The van der Waals surface area contributed by atoms with E-state index in [1.165, 1.54) is 6.07 Å². The number of nitrogens with one attached hydrogen (secondary N) is 1. The molecule has 1 heterocycles. The van der Waals surface area contributed by atoms with Crippen LogP contribution in [-0.4, -0.2) is 10.2 Å². The predicted octanol–water partition coefficient (Wildman–Crippen LogP) is 3.89. The Labute approximate surface area is 119 Å². The van der Waals surface area contributed by atoms with Crippen LogP contribution in [0.15, 0.2) is 48.7 Å². The first-order chi connectivity index (χ1) is 10.2. The van der Waals surface area contributed by atoms with Crippen molar-refractivity contribution in [1.82, 2.24) is 10.2 Å². The Balaban J connectivity index is 2.12. The first-order valence-electron chi connectivity index (χ1n) is 6.18. The number of aromatic amines is 1. The highest BCUT2D eigenvalue weighted by Gasteiger charge is 2.12. The number of benzene rings is 2. The van der Waals surface area contributed by atoms with Gasteiger partial charge in [-0.05, 0) is 29.8 Å². The third kappa shape index (κ3) is 2.39. The summed E-state index contributed by atoms with van der Waals surface area (Å²) in [5.74, 6) is -1.80. The van der Waals surface area contributed by atoms with Crippen molar-refractivity contribution in [3.05, 3.63) is 65.9 Å². The summed E-state index contributed by atoms with van der Waals surface area (Å²) >= 11 is 0. The SMILES string of the molecule is N#Cc1cccc(-c2[nH]ncc2-c2ccc(F)c(F)c2)c1. The van der Waals surface area contributed by atoms with E-state index in [1.807, 2.05) is 6.07 Å². The van der Waals surface area contributed by atoms with E-state index in [0.717, 1.165) is 17.7 Å². The molecule has 0 spiro atoms. The molecular weight excluding hydrogens is 272 g/mol. The quantitative estimate of drug-likeness (QED) is 0.774. The zero-order valence-corrected chi connectivity index (χ0v) is 10.8. The number of hydrogen-bond acceptors (Lipinski definition) is 2. The zero-order chi connectivity index (χ0) is 14.8. The van der Waals surface area contributed by atoms with Crippen LogP contribution in [0.2, 0.25) is 0 Å². The molecule has 1 N–H and O–H groups in total. The molecule has 0 atom stereocenters. The van der Waals surface area contributed by atoms with Crippen LogP contribution < -0.4 is 0 Å². The van der Waals surface area contributed by atoms with Gasteiger partial charge in [0.1, 0.15) is 0 Å². The number of aromatic nitrogens is 2. The van der Waals surface area contributed by atoms with Gasteiger partial charge in [0.25, 0.3) is 0 Å². The summed E-state index contributed by atoms with van der Waals surface area (Å²) in [6.45, 7) is 0. The summed E-state index contributed by atoms with van der Waals surface area (Å²) in [7, 11) is 0. The van der Waals surface area contributed by atoms with Crippen LogP contribution in [0, 0.1) is 23.0 Å². The van der Waals surface area contributed by atoms with E-state index in [2.05, 4.69) is 16.3 Å². The van der Waals surface area contributed by atoms with Gasteiger partial charge in [0.05, 0.1) is 23.5 Å². The Hall–Kier alpha value is -3.00. The summed E-state index contributed by atoms with van der Waals surface area (Å²) in [4.78, 5) is 0. The normalized spacial score (nSPS) is 10.3. The van der Waals surface area contributed by atoms with Gasteiger partial charge in [0, 0.05) is 11.1 Å². The van der Waals surface area contributed by atoms with Gasteiger partial charge in [-0.15, -0.1) is 0 Å². The second kappa shape index (κ2) is 5.17. The van der Waals surface area contributed by atoms with Gasteiger partial charge >= 0.3 is 0 Å². The van der Waals surface area contributed by atoms with E-state index in [9.17, 15) is 8.78 Å². The molecule has 0 unspecified atom stereocenters. The number of H-pyrrole nitrogens is 1. The van der Waals surface area contributed by atoms with Crippen LogP contribution in [0.1, 0.15) is 5.56 Å². The van der Waals surface area contributed by atoms with Crippen LogP contribution in [0.4, 0.5) is 8.78 Å². The molecule has 0 radical (unpaired) electrons. The smallest absolute Gasteiger partial charge is 0.159 e. The monoisotopic (exact) mass is 281 g/mol. The van der Waals surface area contributed by atoms with E-state index in [1.54, 1.807) is 24.4 Å². The molecule has 1 aromatic heterocycles. The third-order valence-corrected chi connectivity index (χ3v) is 3.15. The first kappa shape index (κ1) is 13.0. The Morgan fingerprint density at radius 3 is 2.62 bits per heavy atom. The highest BCUT2D eigenvalue weighted by Crippen LogP contribution is 2.31. The molecule has 0 saturated carbocycles. The molecule has 21 heavy (non-hydrogen) atoms. The minimum atomic E-state index is -0.912. The Morgan fingerprint density at radius 2 is 1.86 bits per heavy atom. The average Bonchev–Trinajstić information content (AvgIpc) is 2.99. The maximum Gasteiger partial charge on any atom is 0.159 e. The minimum Gasteiger partial charge on any atom is -0.277 e. The standard InChI is InChI=1S/C16H9F2N3/c17-14-5-4-11(7-15(14)18)13-9-20-21-16(13)12-3-1-2-10(6-12)8-19/h1-7,9H,(H,20,21). The van der Waals surface area contributed by atoms with Gasteiger partial charge < -0.3 is 0 Å². The molecular formula is C16H9F2N3. The van der Waals surface area contributed by atoms with Crippen LogP contribution in [0.3, 0.4) is 0 Å². The molecule has 3 rings (SSSR count). The fourth-order valence-electron chi connectivity index (χ4n) is 2.13. The van der Waals surface area contributed by atoms with Crippen molar-refractivity contribution in [3.63, 3.8) is 0 Å². The number of rotatable bonds is 2. The Bertz CT molecular complexity index is 847. The van der Waals surface area contributed by atoms with Gasteiger partial charge in [-0.2, -0.15) is 10.4 Å². The van der Waals surface area contributed by atoms with E-state index in [4.69, 9.17) is 5.26 Å². The molecule has 0 fully saturated rings. The summed E-state index contributed by atoms with van der Waals surface area (Å²) in [5, 5.41) is 15.7. The number of hydrogen-bond donors (Lipinski definition) is 1. The number of nitrogens with zero attached hydrogens (tertiary/aromatic N) is 2. The summed E-state index contributed by atoms with van der Waals surface area (Å²) < 4.78 is 26.4. The van der Waals surface area contributed by atoms with Gasteiger partial charge in [0.15, 0.2) is 11.6 Å². The van der Waals surface area contributed by atoms with Crippen LogP contribution in [-0.2, 0) is 0 Å². The van der Waals surface area contributed by atoms with Crippen LogP contribution in [0.25, 0.3) is 22.4 Å². The number of halogens is 2. The highest BCUT2D eigenvalue weighted by atomic mass is 19.2. The fraction of sp³-hybridized carbons (Fsp3) is 0. The lowest BCUT2D eigenvalue weighted by atomic mass is 10.0. The second-order valence-electron chi connectivity index (χ2n) is 4.48. The predicted molar refractivity (Wildman–Crippen MR) is 74.1 cm³/mol. The van der Waals surface area contributed by atoms with Crippen molar-refractivity contribution in [2.75, 3.05) is 0 Å². The largest absolute Gasteiger partial charge is 0.277 e. The molecule has 0 amide bonds. The fourth-order valence-corrected chi connectivity index (χ4v) is 2.13. The van der Waals surface area contributed by atoms with Crippen molar-refractivity contribution >= 4 is 0 Å². The summed E-state index contributed by atoms with van der Waals surface area (Å²) in [6.07, 6.45) is 1.54.